The molecule has 0 spiro atoms. The van der Waals surface area contributed by atoms with Crippen molar-refractivity contribution in [3.8, 4) is 5.75 Å². The number of ether oxygens (including phenoxy) is 1. The highest BCUT2D eigenvalue weighted by Crippen LogP contribution is 2.37. The molecule has 92 valence electrons. The van der Waals surface area contributed by atoms with Crippen molar-refractivity contribution in [2.24, 2.45) is 11.8 Å². The Labute approximate surface area is 102 Å². The standard InChI is InChI=1S/C14H19NO2/c1-10-9-13(10)14(16)15-8-7-11-3-5-12(17-2)6-4-11/h3-6,10,13H,7-9H2,1-2H3,(H,15,16)/t10-,13-/m1/s1. The number of rotatable bonds is 5. The van der Waals surface area contributed by atoms with Gasteiger partial charge in [-0.05, 0) is 36.5 Å². The van der Waals surface area contributed by atoms with Crippen LogP contribution < -0.4 is 10.1 Å². The number of hydrogen-bond acceptors (Lipinski definition) is 2. The lowest BCUT2D eigenvalue weighted by molar-refractivity contribution is -0.122. The number of amides is 1. The van der Waals surface area contributed by atoms with Crippen LogP contribution in [0.2, 0.25) is 0 Å². The summed E-state index contributed by atoms with van der Waals surface area (Å²) in [5.74, 6) is 1.93. The first-order chi connectivity index (χ1) is 8.20. The number of methoxy groups -OCH3 is 1. The van der Waals surface area contributed by atoms with Crippen LogP contribution in [0.15, 0.2) is 24.3 Å². The molecule has 1 amide bonds. The Morgan fingerprint density at radius 1 is 1.41 bits per heavy atom. The fraction of sp³-hybridized carbons (Fsp3) is 0.500. The van der Waals surface area contributed by atoms with Crippen molar-refractivity contribution < 1.29 is 9.53 Å². The van der Waals surface area contributed by atoms with Crippen molar-refractivity contribution >= 4 is 5.91 Å². The summed E-state index contributed by atoms with van der Waals surface area (Å²) >= 11 is 0. The molecule has 1 aromatic rings. The van der Waals surface area contributed by atoms with E-state index in [0.29, 0.717) is 12.5 Å². The largest absolute Gasteiger partial charge is 0.497 e. The molecule has 0 unspecified atom stereocenters. The summed E-state index contributed by atoms with van der Waals surface area (Å²) in [7, 11) is 1.66. The van der Waals surface area contributed by atoms with E-state index in [1.807, 2.05) is 24.3 Å². The van der Waals surface area contributed by atoms with Crippen LogP contribution in [0, 0.1) is 11.8 Å². The maximum absolute atomic E-state index is 11.6. The molecule has 1 saturated carbocycles. The quantitative estimate of drug-likeness (QED) is 0.845. The summed E-state index contributed by atoms with van der Waals surface area (Å²) in [5, 5.41) is 2.98. The smallest absolute Gasteiger partial charge is 0.223 e. The van der Waals surface area contributed by atoms with Gasteiger partial charge in [-0.1, -0.05) is 19.1 Å². The SMILES string of the molecule is COc1ccc(CCNC(=O)[C@@H]2C[C@H]2C)cc1. The maximum atomic E-state index is 11.6. The van der Waals surface area contributed by atoms with Gasteiger partial charge in [0.2, 0.25) is 5.91 Å². The van der Waals surface area contributed by atoms with Gasteiger partial charge in [0.25, 0.3) is 0 Å². The van der Waals surface area contributed by atoms with Gasteiger partial charge in [-0.25, -0.2) is 0 Å². The first kappa shape index (κ1) is 12.0. The molecular weight excluding hydrogens is 214 g/mol. The average molecular weight is 233 g/mol. The fourth-order valence-electron chi connectivity index (χ4n) is 1.94. The second-order valence-electron chi connectivity index (χ2n) is 4.71. The van der Waals surface area contributed by atoms with Crippen LogP contribution in [-0.2, 0) is 11.2 Å². The zero-order valence-corrected chi connectivity index (χ0v) is 10.4. The van der Waals surface area contributed by atoms with Crippen molar-refractivity contribution in [3.63, 3.8) is 0 Å². The molecule has 1 N–H and O–H groups in total. The van der Waals surface area contributed by atoms with Gasteiger partial charge in [-0.15, -0.1) is 0 Å². The van der Waals surface area contributed by atoms with Crippen LogP contribution in [0.1, 0.15) is 18.9 Å². The second kappa shape index (κ2) is 5.21. The molecule has 0 radical (unpaired) electrons. The normalized spacial score (nSPS) is 22.0. The second-order valence-corrected chi connectivity index (χ2v) is 4.71. The van der Waals surface area contributed by atoms with Crippen molar-refractivity contribution in [1.29, 1.82) is 0 Å². The number of carbonyl (C=O) groups is 1. The third-order valence-electron chi connectivity index (χ3n) is 3.32. The van der Waals surface area contributed by atoms with Crippen molar-refractivity contribution in [3.05, 3.63) is 29.8 Å². The lowest BCUT2D eigenvalue weighted by Gasteiger charge is -2.05. The van der Waals surface area contributed by atoms with Crippen LogP contribution in [-0.4, -0.2) is 19.6 Å². The van der Waals surface area contributed by atoms with Crippen LogP contribution >= 0.6 is 0 Å². The van der Waals surface area contributed by atoms with E-state index < -0.39 is 0 Å². The lowest BCUT2D eigenvalue weighted by Crippen LogP contribution is -2.27. The summed E-state index contributed by atoms with van der Waals surface area (Å²) < 4.78 is 5.09. The van der Waals surface area contributed by atoms with Gasteiger partial charge in [0.1, 0.15) is 5.75 Å². The minimum atomic E-state index is 0.214. The van der Waals surface area contributed by atoms with E-state index in [1.165, 1.54) is 5.56 Å². The molecule has 0 aliphatic heterocycles. The molecule has 2 rings (SSSR count). The van der Waals surface area contributed by atoms with E-state index in [2.05, 4.69) is 12.2 Å². The zero-order valence-electron chi connectivity index (χ0n) is 10.4. The summed E-state index contributed by atoms with van der Waals surface area (Å²) in [6, 6.07) is 7.95. The number of benzene rings is 1. The Morgan fingerprint density at radius 2 is 2.06 bits per heavy atom. The summed E-state index contributed by atoms with van der Waals surface area (Å²) in [4.78, 5) is 11.6. The average Bonchev–Trinajstić information content (AvgIpc) is 3.07. The molecule has 0 bridgehead atoms. The first-order valence-corrected chi connectivity index (χ1v) is 6.11. The predicted molar refractivity (Wildman–Crippen MR) is 67.0 cm³/mol. The van der Waals surface area contributed by atoms with E-state index in [0.717, 1.165) is 18.6 Å². The number of hydrogen-bond donors (Lipinski definition) is 1. The highest BCUT2D eigenvalue weighted by molar-refractivity contribution is 5.81. The van der Waals surface area contributed by atoms with E-state index >= 15 is 0 Å². The minimum Gasteiger partial charge on any atom is -0.497 e. The van der Waals surface area contributed by atoms with Gasteiger partial charge < -0.3 is 10.1 Å². The van der Waals surface area contributed by atoms with Gasteiger partial charge in [0.05, 0.1) is 7.11 Å². The highest BCUT2D eigenvalue weighted by Gasteiger charge is 2.38. The first-order valence-electron chi connectivity index (χ1n) is 6.11. The van der Waals surface area contributed by atoms with Crippen molar-refractivity contribution in [2.75, 3.05) is 13.7 Å². The Hall–Kier alpha value is -1.51. The van der Waals surface area contributed by atoms with Crippen molar-refractivity contribution in [2.45, 2.75) is 19.8 Å². The van der Waals surface area contributed by atoms with Gasteiger partial charge in [0.15, 0.2) is 0 Å². The fourth-order valence-corrected chi connectivity index (χ4v) is 1.94. The van der Waals surface area contributed by atoms with Gasteiger partial charge in [-0.3, -0.25) is 4.79 Å². The van der Waals surface area contributed by atoms with E-state index in [-0.39, 0.29) is 11.8 Å². The lowest BCUT2D eigenvalue weighted by atomic mass is 10.1. The van der Waals surface area contributed by atoms with E-state index in [4.69, 9.17) is 4.74 Å². The third-order valence-corrected chi connectivity index (χ3v) is 3.32. The monoisotopic (exact) mass is 233 g/mol. The predicted octanol–water partition coefficient (Wildman–Crippen LogP) is 2.01. The zero-order chi connectivity index (χ0) is 12.3. The molecule has 17 heavy (non-hydrogen) atoms. The van der Waals surface area contributed by atoms with Crippen LogP contribution in [0.4, 0.5) is 0 Å². The molecule has 1 fully saturated rings. The summed E-state index contributed by atoms with van der Waals surface area (Å²) in [5.41, 5.74) is 1.22. The molecular formula is C14H19NO2. The summed E-state index contributed by atoms with van der Waals surface area (Å²) in [6.07, 6.45) is 1.92. The molecule has 0 aromatic heterocycles. The number of carbonyl (C=O) groups excluding carboxylic acids is 1. The minimum absolute atomic E-state index is 0.214. The maximum Gasteiger partial charge on any atom is 0.223 e. The Bertz CT molecular complexity index is 386. The molecule has 2 atom stereocenters. The van der Waals surface area contributed by atoms with Crippen LogP contribution in [0.25, 0.3) is 0 Å². The molecule has 0 heterocycles. The highest BCUT2D eigenvalue weighted by atomic mass is 16.5. The van der Waals surface area contributed by atoms with Crippen LogP contribution in [0.3, 0.4) is 0 Å². The molecule has 3 nitrogen and oxygen atoms in total. The van der Waals surface area contributed by atoms with Crippen LogP contribution in [0.5, 0.6) is 5.75 Å². The summed E-state index contributed by atoms with van der Waals surface area (Å²) in [6.45, 7) is 2.84. The molecule has 1 aromatic carbocycles. The van der Waals surface area contributed by atoms with Gasteiger partial charge >= 0.3 is 0 Å². The molecule has 1 aliphatic rings. The third kappa shape index (κ3) is 3.22. The Kier molecular flexibility index (Phi) is 3.67. The number of nitrogens with one attached hydrogen (secondary N) is 1. The Balaban J connectivity index is 1.72. The Morgan fingerprint density at radius 3 is 2.59 bits per heavy atom. The topological polar surface area (TPSA) is 38.3 Å². The van der Waals surface area contributed by atoms with Gasteiger partial charge in [-0.2, -0.15) is 0 Å². The van der Waals surface area contributed by atoms with E-state index in [9.17, 15) is 4.79 Å². The van der Waals surface area contributed by atoms with Crippen molar-refractivity contribution in [1.82, 2.24) is 5.32 Å². The molecule has 3 heteroatoms. The molecule has 0 saturated heterocycles. The van der Waals surface area contributed by atoms with E-state index in [1.54, 1.807) is 7.11 Å². The molecule has 1 aliphatic carbocycles. The van der Waals surface area contributed by atoms with Gasteiger partial charge in [0, 0.05) is 12.5 Å².